The summed E-state index contributed by atoms with van der Waals surface area (Å²) >= 11 is 0. The van der Waals surface area contributed by atoms with Crippen LogP contribution in [0, 0.1) is 0 Å². The summed E-state index contributed by atoms with van der Waals surface area (Å²) in [6.45, 7) is 4.99. The Balaban J connectivity index is 2.71. The van der Waals surface area contributed by atoms with Crippen molar-refractivity contribution in [3.63, 3.8) is 0 Å². The SMILES string of the molecule is CC(C)(C)OC(=O)CN(C[C@H](O)C(F)(F)F)C1CCOCC1. The number of hydrogen-bond acceptors (Lipinski definition) is 5. The van der Waals surface area contributed by atoms with Gasteiger partial charge in [-0.25, -0.2) is 0 Å². The highest BCUT2D eigenvalue weighted by Gasteiger charge is 2.40. The second-order valence-corrected chi connectivity index (χ2v) is 6.42. The van der Waals surface area contributed by atoms with E-state index in [1.54, 1.807) is 20.8 Å². The Morgan fingerprint density at radius 2 is 1.86 bits per heavy atom. The van der Waals surface area contributed by atoms with Crippen LogP contribution in [0.2, 0.25) is 0 Å². The van der Waals surface area contributed by atoms with Gasteiger partial charge in [0.15, 0.2) is 6.10 Å². The maximum Gasteiger partial charge on any atom is 0.415 e. The van der Waals surface area contributed by atoms with Gasteiger partial charge in [-0.15, -0.1) is 0 Å². The monoisotopic (exact) mass is 327 g/mol. The lowest BCUT2D eigenvalue weighted by molar-refractivity contribution is -0.211. The van der Waals surface area contributed by atoms with E-state index < -0.39 is 30.4 Å². The first-order valence-corrected chi connectivity index (χ1v) is 7.27. The van der Waals surface area contributed by atoms with Gasteiger partial charge in [0.2, 0.25) is 0 Å². The molecule has 1 fully saturated rings. The molecular formula is C14H24F3NO4. The molecule has 1 aliphatic heterocycles. The van der Waals surface area contributed by atoms with Crippen LogP contribution >= 0.6 is 0 Å². The molecule has 0 radical (unpaired) electrons. The molecule has 0 bridgehead atoms. The minimum atomic E-state index is -4.71. The van der Waals surface area contributed by atoms with E-state index in [1.165, 1.54) is 4.90 Å². The van der Waals surface area contributed by atoms with Gasteiger partial charge >= 0.3 is 12.1 Å². The minimum Gasteiger partial charge on any atom is -0.459 e. The standard InChI is InChI=1S/C14H24F3NO4/c1-13(2,3)22-12(20)9-18(8-11(19)14(15,16)17)10-4-6-21-7-5-10/h10-11,19H,4-9H2,1-3H3/t11-/m0/s1. The summed E-state index contributed by atoms with van der Waals surface area (Å²) in [4.78, 5) is 13.2. The molecule has 5 nitrogen and oxygen atoms in total. The van der Waals surface area contributed by atoms with Crippen molar-refractivity contribution in [1.29, 1.82) is 0 Å². The lowest BCUT2D eigenvalue weighted by Crippen LogP contribution is -2.49. The third kappa shape index (κ3) is 6.93. The molecule has 130 valence electrons. The molecule has 0 spiro atoms. The van der Waals surface area contributed by atoms with E-state index in [0.29, 0.717) is 26.1 Å². The van der Waals surface area contributed by atoms with Crippen molar-refractivity contribution in [1.82, 2.24) is 4.90 Å². The molecule has 0 aromatic rings. The summed E-state index contributed by atoms with van der Waals surface area (Å²) in [5.74, 6) is -0.603. The summed E-state index contributed by atoms with van der Waals surface area (Å²) in [6.07, 6.45) is -6.16. The van der Waals surface area contributed by atoms with Crippen LogP contribution in [0.1, 0.15) is 33.6 Å². The smallest absolute Gasteiger partial charge is 0.415 e. The van der Waals surface area contributed by atoms with Gasteiger partial charge in [0.25, 0.3) is 0 Å². The third-order valence-corrected chi connectivity index (χ3v) is 3.24. The second-order valence-electron chi connectivity index (χ2n) is 6.42. The Bertz CT molecular complexity index is 362. The molecule has 1 atom stereocenters. The second kappa shape index (κ2) is 7.61. The van der Waals surface area contributed by atoms with Gasteiger partial charge in [0.05, 0.1) is 6.54 Å². The highest BCUT2D eigenvalue weighted by Crippen LogP contribution is 2.23. The quantitative estimate of drug-likeness (QED) is 0.780. The Morgan fingerprint density at radius 3 is 2.32 bits per heavy atom. The van der Waals surface area contributed by atoms with Crippen LogP contribution in [-0.2, 0) is 14.3 Å². The van der Waals surface area contributed by atoms with Gasteiger partial charge in [0.1, 0.15) is 5.60 Å². The van der Waals surface area contributed by atoms with E-state index in [1.807, 2.05) is 0 Å². The Morgan fingerprint density at radius 1 is 1.32 bits per heavy atom. The van der Waals surface area contributed by atoms with E-state index in [0.717, 1.165) is 0 Å². The fourth-order valence-corrected chi connectivity index (χ4v) is 2.26. The molecule has 0 aromatic heterocycles. The zero-order chi connectivity index (χ0) is 17.0. The molecule has 1 aliphatic rings. The number of hydrogen-bond donors (Lipinski definition) is 1. The van der Waals surface area contributed by atoms with Gasteiger partial charge in [-0.3, -0.25) is 9.69 Å². The van der Waals surface area contributed by atoms with Crippen LogP contribution in [0.4, 0.5) is 13.2 Å². The average Bonchev–Trinajstić information content (AvgIpc) is 2.35. The molecule has 0 unspecified atom stereocenters. The number of alkyl halides is 3. The lowest BCUT2D eigenvalue weighted by atomic mass is 10.1. The zero-order valence-electron chi connectivity index (χ0n) is 13.2. The van der Waals surface area contributed by atoms with Gasteiger partial charge in [-0.2, -0.15) is 13.2 Å². The molecule has 1 rings (SSSR count). The third-order valence-electron chi connectivity index (χ3n) is 3.24. The molecule has 1 heterocycles. The van der Waals surface area contributed by atoms with E-state index in [-0.39, 0.29) is 12.6 Å². The molecule has 0 amide bonds. The van der Waals surface area contributed by atoms with Crippen LogP contribution in [0.25, 0.3) is 0 Å². The molecule has 1 N–H and O–H groups in total. The first-order valence-electron chi connectivity index (χ1n) is 7.27. The van der Waals surface area contributed by atoms with Gasteiger partial charge in [0, 0.05) is 25.8 Å². The normalized spacial score (nSPS) is 19.3. The van der Waals surface area contributed by atoms with E-state index in [2.05, 4.69) is 0 Å². The lowest BCUT2D eigenvalue weighted by Gasteiger charge is -2.35. The number of nitrogens with zero attached hydrogens (tertiary/aromatic N) is 1. The van der Waals surface area contributed by atoms with Crippen LogP contribution < -0.4 is 0 Å². The molecule has 0 aliphatic carbocycles. The minimum absolute atomic E-state index is 0.238. The molecule has 0 aromatic carbocycles. The molecule has 1 saturated heterocycles. The van der Waals surface area contributed by atoms with Crippen LogP contribution in [0.15, 0.2) is 0 Å². The predicted octanol–water partition coefficient (Wildman–Crippen LogP) is 1.73. The molecule has 8 heteroatoms. The maximum atomic E-state index is 12.6. The van der Waals surface area contributed by atoms with E-state index in [9.17, 15) is 23.1 Å². The number of halogens is 3. The van der Waals surface area contributed by atoms with Crippen LogP contribution in [-0.4, -0.2) is 66.2 Å². The number of rotatable bonds is 5. The number of aliphatic hydroxyl groups excluding tert-OH is 1. The highest BCUT2D eigenvalue weighted by molar-refractivity contribution is 5.72. The number of carbonyl (C=O) groups excluding carboxylic acids is 1. The first-order chi connectivity index (χ1) is 9.99. The first kappa shape index (κ1) is 19.2. The number of carbonyl (C=O) groups is 1. The van der Waals surface area contributed by atoms with Gasteiger partial charge < -0.3 is 14.6 Å². The number of aliphatic hydroxyl groups is 1. The fourth-order valence-electron chi connectivity index (χ4n) is 2.26. The van der Waals surface area contributed by atoms with Crippen molar-refractivity contribution in [3.05, 3.63) is 0 Å². The van der Waals surface area contributed by atoms with Crippen molar-refractivity contribution in [3.8, 4) is 0 Å². The van der Waals surface area contributed by atoms with Crippen LogP contribution in [0.5, 0.6) is 0 Å². The number of ether oxygens (including phenoxy) is 2. The Kier molecular flexibility index (Phi) is 6.64. The van der Waals surface area contributed by atoms with Gasteiger partial charge in [-0.05, 0) is 33.6 Å². The van der Waals surface area contributed by atoms with E-state index in [4.69, 9.17) is 9.47 Å². The van der Waals surface area contributed by atoms with Crippen molar-refractivity contribution in [2.24, 2.45) is 0 Å². The van der Waals surface area contributed by atoms with Crippen molar-refractivity contribution in [2.45, 2.75) is 57.5 Å². The summed E-state index contributed by atoms with van der Waals surface area (Å²) in [5.41, 5.74) is -0.707. The van der Waals surface area contributed by atoms with E-state index >= 15 is 0 Å². The summed E-state index contributed by atoms with van der Waals surface area (Å²) < 4.78 is 48.0. The molecule has 0 saturated carbocycles. The van der Waals surface area contributed by atoms with Crippen molar-refractivity contribution in [2.75, 3.05) is 26.3 Å². The topological polar surface area (TPSA) is 59.0 Å². The fraction of sp³-hybridized carbons (Fsp3) is 0.929. The van der Waals surface area contributed by atoms with Gasteiger partial charge in [-0.1, -0.05) is 0 Å². The largest absolute Gasteiger partial charge is 0.459 e. The van der Waals surface area contributed by atoms with Crippen molar-refractivity contribution >= 4 is 5.97 Å². The predicted molar refractivity (Wildman–Crippen MR) is 73.3 cm³/mol. The Labute approximate surface area is 128 Å². The van der Waals surface area contributed by atoms with Crippen LogP contribution in [0.3, 0.4) is 0 Å². The average molecular weight is 327 g/mol. The highest BCUT2D eigenvalue weighted by atomic mass is 19.4. The molecule has 22 heavy (non-hydrogen) atoms. The maximum absolute atomic E-state index is 12.6. The molecular weight excluding hydrogens is 303 g/mol. The Hall–Kier alpha value is -0.860. The van der Waals surface area contributed by atoms with Crippen molar-refractivity contribution < 1.29 is 32.5 Å². The summed E-state index contributed by atoms with van der Waals surface area (Å²) in [5, 5.41) is 9.28. The zero-order valence-corrected chi connectivity index (χ0v) is 13.2. The summed E-state index contributed by atoms with van der Waals surface area (Å²) in [6, 6.07) is -0.238. The summed E-state index contributed by atoms with van der Waals surface area (Å²) in [7, 11) is 0. The number of esters is 1.